The molecule has 2 aromatic heterocycles. The van der Waals surface area contributed by atoms with Crippen LogP contribution >= 0.6 is 11.3 Å². The van der Waals surface area contributed by atoms with Crippen LogP contribution in [0.1, 0.15) is 34.8 Å². The molecule has 106 valence electrons. The number of H-pyrrole nitrogens is 1. The summed E-state index contributed by atoms with van der Waals surface area (Å²) in [5.41, 5.74) is -1.35. The maximum atomic E-state index is 12.1. The predicted molar refractivity (Wildman–Crippen MR) is 74.9 cm³/mol. The van der Waals surface area contributed by atoms with Crippen molar-refractivity contribution in [3.05, 3.63) is 49.2 Å². The SMILES string of the molecule is CC[C@H](NC(=O)c1cn(C)c(=O)[nH]c1=O)c1nccs1. The fraction of sp³-hybridized carbons (Fsp3) is 0.333. The quantitative estimate of drug-likeness (QED) is 0.853. The van der Waals surface area contributed by atoms with Crippen molar-refractivity contribution in [2.75, 3.05) is 0 Å². The van der Waals surface area contributed by atoms with Gasteiger partial charge in [-0.2, -0.15) is 0 Å². The highest BCUT2D eigenvalue weighted by atomic mass is 32.1. The molecule has 0 saturated heterocycles. The van der Waals surface area contributed by atoms with Crippen LogP contribution < -0.4 is 16.6 Å². The van der Waals surface area contributed by atoms with Crippen molar-refractivity contribution < 1.29 is 4.79 Å². The van der Waals surface area contributed by atoms with Crippen molar-refractivity contribution >= 4 is 17.2 Å². The second-order valence-corrected chi connectivity index (χ2v) is 5.14. The largest absolute Gasteiger partial charge is 0.343 e. The van der Waals surface area contributed by atoms with Crippen LogP contribution in [0.15, 0.2) is 27.4 Å². The Morgan fingerprint density at radius 1 is 1.55 bits per heavy atom. The average Bonchev–Trinajstić information content (AvgIpc) is 2.93. The minimum Gasteiger partial charge on any atom is -0.343 e. The second kappa shape index (κ2) is 5.83. The van der Waals surface area contributed by atoms with E-state index in [1.807, 2.05) is 12.3 Å². The lowest BCUT2D eigenvalue weighted by Gasteiger charge is -2.14. The van der Waals surface area contributed by atoms with E-state index in [4.69, 9.17) is 0 Å². The van der Waals surface area contributed by atoms with Gasteiger partial charge in [0.2, 0.25) is 0 Å². The fourth-order valence-corrected chi connectivity index (χ4v) is 2.48. The molecule has 0 bridgehead atoms. The molecule has 2 heterocycles. The Morgan fingerprint density at radius 3 is 2.90 bits per heavy atom. The van der Waals surface area contributed by atoms with Crippen LogP contribution in [0.2, 0.25) is 0 Å². The van der Waals surface area contributed by atoms with Gasteiger partial charge in [-0.05, 0) is 6.42 Å². The van der Waals surface area contributed by atoms with E-state index in [-0.39, 0.29) is 11.6 Å². The van der Waals surface area contributed by atoms with Gasteiger partial charge in [0.25, 0.3) is 11.5 Å². The number of carbonyl (C=O) groups excluding carboxylic acids is 1. The molecule has 2 N–H and O–H groups in total. The van der Waals surface area contributed by atoms with Gasteiger partial charge >= 0.3 is 5.69 Å². The van der Waals surface area contributed by atoms with Gasteiger partial charge in [-0.25, -0.2) is 9.78 Å². The summed E-state index contributed by atoms with van der Waals surface area (Å²) in [4.78, 5) is 41.3. The molecule has 0 fully saturated rings. The molecule has 0 unspecified atom stereocenters. The van der Waals surface area contributed by atoms with Crippen LogP contribution in [0.4, 0.5) is 0 Å². The Bertz CT molecular complexity index is 717. The molecular weight excluding hydrogens is 280 g/mol. The number of hydrogen-bond donors (Lipinski definition) is 2. The molecule has 0 aliphatic carbocycles. The maximum Gasteiger partial charge on any atom is 0.328 e. The number of aromatic nitrogens is 3. The number of thiazole rings is 1. The number of rotatable bonds is 4. The zero-order valence-electron chi connectivity index (χ0n) is 11.0. The lowest BCUT2D eigenvalue weighted by Crippen LogP contribution is -2.37. The van der Waals surface area contributed by atoms with Gasteiger partial charge < -0.3 is 9.88 Å². The number of carbonyl (C=O) groups is 1. The molecule has 1 amide bonds. The van der Waals surface area contributed by atoms with Crippen molar-refractivity contribution in [3.63, 3.8) is 0 Å². The van der Waals surface area contributed by atoms with Gasteiger partial charge in [0.1, 0.15) is 10.6 Å². The van der Waals surface area contributed by atoms with Gasteiger partial charge in [0.15, 0.2) is 0 Å². The van der Waals surface area contributed by atoms with E-state index in [1.165, 1.54) is 24.6 Å². The second-order valence-electron chi connectivity index (χ2n) is 4.22. The van der Waals surface area contributed by atoms with Crippen LogP contribution in [-0.2, 0) is 7.05 Å². The lowest BCUT2D eigenvalue weighted by atomic mass is 10.2. The normalized spacial score (nSPS) is 12.1. The van der Waals surface area contributed by atoms with Gasteiger partial charge in [-0.3, -0.25) is 14.6 Å². The highest BCUT2D eigenvalue weighted by Gasteiger charge is 2.18. The van der Waals surface area contributed by atoms with E-state index in [0.29, 0.717) is 6.42 Å². The van der Waals surface area contributed by atoms with Crippen molar-refractivity contribution in [2.24, 2.45) is 7.05 Å². The molecule has 1 atom stereocenters. The van der Waals surface area contributed by atoms with E-state index < -0.39 is 17.2 Å². The maximum absolute atomic E-state index is 12.1. The summed E-state index contributed by atoms with van der Waals surface area (Å²) in [6.45, 7) is 1.91. The molecule has 0 saturated carbocycles. The lowest BCUT2D eigenvalue weighted by molar-refractivity contribution is 0.0933. The molecule has 0 aromatic carbocycles. The van der Waals surface area contributed by atoms with Crippen LogP contribution in [0.25, 0.3) is 0 Å². The smallest absolute Gasteiger partial charge is 0.328 e. The number of aryl methyl sites for hydroxylation is 1. The van der Waals surface area contributed by atoms with E-state index in [2.05, 4.69) is 15.3 Å². The Balaban J connectivity index is 2.26. The Morgan fingerprint density at radius 2 is 2.30 bits per heavy atom. The van der Waals surface area contributed by atoms with Crippen LogP contribution in [0, 0.1) is 0 Å². The Labute approximate surface area is 118 Å². The topological polar surface area (TPSA) is 96.9 Å². The Kier molecular flexibility index (Phi) is 4.14. The van der Waals surface area contributed by atoms with Crippen molar-refractivity contribution in [1.29, 1.82) is 0 Å². The molecule has 0 radical (unpaired) electrons. The summed E-state index contributed by atoms with van der Waals surface area (Å²) in [5, 5.41) is 5.35. The molecular formula is C12H14N4O3S. The summed E-state index contributed by atoms with van der Waals surface area (Å²) in [5.74, 6) is -0.524. The molecule has 20 heavy (non-hydrogen) atoms. The van der Waals surface area contributed by atoms with Gasteiger partial charge in [-0.1, -0.05) is 6.92 Å². The molecule has 2 aromatic rings. The number of amides is 1. The first kappa shape index (κ1) is 14.2. The van der Waals surface area contributed by atoms with Gasteiger partial charge in [0, 0.05) is 24.8 Å². The average molecular weight is 294 g/mol. The standard InChI is InChI=1S/C12H14N4O3S/c1-3-8(11-13-4-5-20-11)14-9(17)7-6-16(2)12(19)15-10(7)18/h4-6,8H,3H2,1-2H3,(H,14,17)(H,15,18,19)/t8-/m0/s1. The molecule has 2 rings (SSSR count). The highest BCUT2D eigenvalue weighted by molar-refractivity contribution is 7.09. The number of aromatic amines is 1. The molecule has 8 heteroatoms. The summed E-state index contributed by atoms with van der Waals surface area (Å²) < 4.78 is 1.15. The van der Waals surface area contributed by atoms with Crippen molar-refractivity contribution in [2.45, 2.75) is 19.4 Å². The fourth-order valence-electron chi connectivity index (χ4n) is 1.71. The third kappa shape index (κ3) is 2.85. The zero-order chi connectivity index (χ0) is 14.7. The van der Waals surface area contributed by atoms with Crippen molar-refractivity contribution in [1.82, 2.24) is 19.9 Å². The third-order valence-corrected chi connectivity index (χ3v) is 3.71. The number of nitrogens with zero attached hydrogens (tertiary/aromatic N) is 2. The summed E-state index contributed by atoms with van der Waals surface area (Å²) in [6, 6.07) is -0.251. The van der Waals surface area contributed by atoms with Crippen LogP contribution in [-0.4, -0.2) is 20.4 Å². The van der Waals surface area contributed by atoms with E-state index in [0.717, 1.165) is 9.57 Å². The first-order valence-corrected chi connectivity index (χ1v) is 6.91. The monoisotopic (exact) mass is 294 g/mol. The van der Waals surface area contributed by atoms with Gasteiger partial charge in [-0.15, -0.1) is 11.3 Å². The predicted octanol–water partition coefficient (Wildman–Crippen LogP) is 0.411. The summed E-state index contributed by atoms with van der Waals surface area (Å²) in [6.07, 6.45) is 3.54. The summed E-state index contributed by atoms with van der Waals surface area (Å²) in [7, 11) is 1.47. The first-order chi connectivity index (χ1) is 9.52. The molecule has 7 nitrogen and oxygen atoms in total. The molecule has 0 aliphatic rings. The first-order valence-electron chi connectivity index (χ1n) is 6.03. The van der Waals surface area contributed by atoms with Crippen LogP contribution in [0.3, 0.4) is 0 Å². The molecule has 0 spiro atoms. The minimum atomic E-state index is -0.695. The number of hydrogen-bond acceptors (Lipinski definition) is 5. The number of nitrogens with one attached hydrogen (secondary N) is 2. The van der Waals surface area contributed by atoms with Crippen molar-refractivity contribution in [3.8, 4) is 0 Å². The zero-order valence-corrected chi connectivity index (χ0v) is 11.9. The minimum absolute atomic E-state index is 0.0953. The van der Waals surface area contributed by atoms with E-state index in [1.54, 1.807) is 6.20 Å². The third-order valence-electron chi connectivity index (χ3n) is 2.82. The van der Waals surface area contributed by atoms with Gasteiger partial charge in [0.05, 0.1) is 6.04 Å². The Hall–Kier alpha value is -2.22. The summed E-state index contributed by atoms with van der Waals surface area (Å²) >= 11 is 1.44. The van der Waals surface area contributed by atoms with E-state index >= 15 is 0 Å². The van der Waals surface area contributed by atoms with Crippen LogP contribution in [0.5, 0.6) is 0 Å². The van der Waals surface area contributed by atoms with E-state index in [9.17, 15) is 14.4 Å². The highest BCUT2D eigenvalue weighted by Crippen LogP contribution is 2.18. The molecule has 0 aliphatic heterocycles.